The van der Waals surface area contributed by atoms with Gasteiger partial charge >= 0.3 is 5.97 Å². The highest BCUT2D eigenvalue weighted by atomic mass is 16.5. The van der Waals surface area contributed by atoms with Gasteiger partial charge < -0.3 is 10.1 Å². The van der Waals surface area contributed by atoms with Crippen molar-refractivity contribution in [1.82, 2.24) is 0 Å². The predicted octanol–water partition coefficient (Wildman–Crippen LogP) is 5.03. The summed E-state index contributed by atoms with van der Waals surface area (Å²) in [7, 11) is 0. The zero-order valence-corrected chi connectivity index (χ0v) is 21.9. The van der Waals surface area contributed by atoms with E-state index in [0.29, 0.717) is 11.4 Å². The number of anilines is 2. The normalized spacial score (nSPS) is 25.1. The summed E-state index contributed by atoms with van der Waals surface area (Å²) in [6, 6.07) is 22.2. The minimum Gasteiger partial charge on any atom is -0.452 e. The molecule has 0 unspecified atom stereocenters. The zero-order chi connectivity index (χ0) is 27.3. The van der Waals surface area contributed by atoms with E-state index in [1.54, 1.807) is 18.2 Å². The molecule has 3 aliphatic rings. The smallest absolute Gasteiger partial charge is 0.338 e. The molecule has 5 atom stereocenters. The minimum atomic E-state index is -0.698. The largest absolute Gasteiger partial charge is 0.452 e. The first-order chi connectivity index (χ1) is 18.8. The first-order valence-corrected chi connectivity index (χ1v) is 13.4. The lowest BCUT2D eigenvalue weighted by Gasteiger charge is -2.28. The van der Waals surface area contributed by atoms with Gasteiger partial charge in [-0.2, -0.15) is 0 Å². The third-order valence-corrected chi connectivity index (χ3v) is 8.57. The number of ether oxygens (including phenoxy) is 1. The lowest BCUT2D eigenvalue weighted by molar-refractivity contribution is -0.123. The molecule has 39 heavy (non-hydrogen) atoms. The van der Waals surface area contributed by atoms with Crippen LogP contribution in [0.25, 0.3) is 0 Å². The van der Waals surface area contributed by atoms with Crippen LogP contribution in [0, 0.1) is 37.5 Å². The summed E-state index contributed by atoms with van der Waals surface area (Å²) in [5.74, 6) is -1.52. The van der Waals surface area contributed by atoms with Crippen LogP contribution in [-0.4, -0.2) is 30.3 Å². The fourth-order valence-corrected chi connectivity index (χ4v) is 6.92. The van der Waals surface area contributed by atoms with Crippen molar-refractivity contribution in [2.75, 3.05) is 16.8 Å². The van der Waals surface area contributed by atoms with E-state index in [1.165, 1.54) is 16.5 Å². The van der Waals surface area contributed by atoms with Crippen LogP contribution in [0.2, 0.25) is 0 Å². The lowest BCUT2D eigenvalue weighted by Crippen LogP contribution is -2.33. The molecular weight excluding hydrogens is 492 g/mol. The Kier molecular flexibility index (Phi) is 6.29. The maximum atomic E-state index is 13.6. The molecule has 0 aromatic heterocycles. The topological polar surface area (TPSA) is 92.8 Å². The quantitative estimate of drug-likeness (QED) is 0.362. The molecule has 198 valence electrons. The lowest BCUT2D eigenvalue weighted by atomic mass is 9.73. The van der Waals surface area contributed by atoms with Crippen LogP contribution in [0.5, 0.6) is 0 Å². The van der Waals surface area contributed by atoms with E-state index >= 15 is 0 Å². The summed E-state index contributed by atoms with van der Waals surface area (Å²) in [6.07, 6.45) is 1.82. The number of aryl methyl sites for hydroxylation is 2. The summed E-state index contributed by atoms with van der Waals surface area (Å²) >= 11 is 0. The maximum Gasteiger partial charge on any atom is 0.338 e. The van der Waals surface area contributed by atoms with E-state index in [2.05, 4.69) is 17.4 Å². The molecule has 7 heteroatoms. The number of esters is 1. The summed E-state index contributed by atoms with van der Waals surface area (Å²) in [6.45, 7) is 3.41. The molecule has 1 saturated heterocycles. The number of hydrogen-bond acceptors (Lipinski definition) is 5. The molecule has 3 aromatic rings. The van der Waals surface area contributed by atoms with Crippen molar-refractivity contribution < 1.29 is 23.9 Å². The first kappa shape index (κ1) is 25.0. The average Bonchev–Trinajstić information content (AvgIpc) is 3.60. The van der Waals surface area contributed by atoms with Gasteiger partial charge in [0, 0.05) is 5.69 Å². The van der Waals surface area contributed by atoms with Gasteiger partial charge in [0.1, 0.15) is 0 Å². The van der Waals surface area contributed by atoms with Gasteiger partial charge in [-0.25, -0.2) is 4.79 Å². The average molecular weight is 523 g/mol. The Labute approximate surface area is 227 Å². The Balaban J connectivity index is 1.14. The van der Waals surface area contributed by atoms with Gasteiger partial charge in [-0.1, -0.05) is 54.1 Å². The third kappa shape index (κ3) is 4.42. The highest BCUT2D eigenvalue weighted by Crippen LogP contribution is 2.61. The molecule has 3 amide bonds. The number of fused-ring (bicyclic) bond motifs is 5. The number of nitrogens with zero attached hydrogens (tertiary/aromatic N) is 1. The molecule has 0 radical (unpaired) electrons. The van der Waals surface area contributed by atoms with Crippen LogP contribution >= 0.6 is 0 Å². The minimum absolute atomic E-state index is 0.146. The molecule has 1 heterocycles. The Morgan fingerprint density at radius 1 is 0.897 bits per heavy atom. The summed E-state index contributed by atoms with van der Waals surface area (Å²) in [5, 5.41) is 2.75. The molecular formula is C32H30N2O5. The van der Waals surface area contributed by atoms with Crippen molar-refractivity contribution in [3.8, 4) is 0 Å². The van der Waals surface area contributed by atoms with Gasteiger partial charge in [-0.3, -0.25) is 19.3 Å². The van der Waals surface area contributed by atoms with Crippen molar-refractivity contribution in [3.05, 3.63) is 95.1 Å². The van der Waals surface area contributed by atoms with Crippen LogP contribution in [0.1, 0.15) is 45.8 Å². The van der Waals surface area contributed by atoms with Crippen molar-refractivity contribution in [2.24, 2.45) is 23.7 Å². The second kappa shape index (κ2) is 9.80. The third-order valence-electron chi connectivity index (χ3n) is 8.57. The fraction of sp³-hybridized carbons (Fsp3) is 0.312. The van der Waals surface area contributed by atoms with E-state index in [1.807, 2.05) is 50.2 Å². The Bertz CT molecular complexity index is 1480. The summed E-state index contributed by atoms with van der Waals surface area (Å²) < 4.78 is 5.24. The van der Waals surface area contributed by atoms with Gasteiger partial charge in [0.05, 0.1) is 23.1 Å². The molecule has 7 nitrogen and oxygen atoms in total. The standard InChI is InChI=1S/C32H30N2O5/c1-18-11-12-26(19(2)13-18)33-27(35)17-39-32(38)21-9-6-10-23(14-21)34-30(36)28-22-15-24(20-7-4-3-5-8-20)25(16-22)29(28)31(34)37/h3-14,22,24-25,28-29H,15-17H2,1-2H3,(H,33,35)/t22-,24-,25+,28+,29-/m0/s1. The van der Waals surface area contributed by atoms with Crippen molar-refractivity contribution in [1.29, 1.82) is 0 Å². The summed E-state index contributed by atoms with van der Waals surface area (Å²) in [4.78, 5) is 53.5. The van der Waals surface area contributed by atoms with Crippen LogP contribution in [-0.2, 0) is 19.1 Å². The Hall–Kier alpha value is -4.26. The van der Waals surface area contributed by atoms with Gasteiger partial charge in [0.15, 0.2) is 6.61 Å². The maximum absolute atomic E-state index is 13.6. The van der Waals surface area contributed by atoms with Crippen molar-refractivity contribution in [3.63, 3.8) is 0 Å². The molecule has 2 saturated carbocycles. The van der Waals surface area contributed by atoms with Crippen LogP contribution in [0.4, 0.5) is 11.4 Å². The highest BCUT2D eigenvalue weighted by molar-refractivity contribution is 6.23. The molecule has 2 aliphatic carbocycles. The fourth-order valence-electron chi connectivity index (χ4n) is 6.92. The van der Waals surface area contributed by atoms with E-state index in [9.17, 15) is 19.2 Å². The zero-order valence-electron chi connectivity index (χ0n) is 21.9. The number of nitrogens with one attached hydrogen (secondary N) is 1. The van der Waals surface area contributed by atoms with Crippen molar-refractivity contribution in [2.45, 2.75) is 32.6 Å². The number of hydrogen-bond donors (Lipinski definition) is 1. The first-order valence-electron chi connectivity index (χ1n) is 13.4. The molecule has 6 rings (SSSR count). The van der Waals surface area contributed by atoms with Crippen LogP contribution in [0.3, 0.4) is 0 Å². The van der Waals surface area contributed by atoms with Crippen LogP contribution < -0.4 is 10.2 Å². The monoisotopic (exact) mass is 522 g/mol. The van der Waals surface area contributed by atoms with E-state index in [0.717, 1.165) is 24.0 Å². The molecule has 1 N–H and O–H groups in total. The molecule has 1 aliphatic heterocycles. The van der Waals surface area contributed by atoms with Gasteiger partial charge in [-0.05, 0) is 79.8 Å². The summed E-state index contributed by atoms with van der Waals surface area (Å²) in [5.41, 5.74) is 4.42. The van der Waals surface area contributed by atoms with Crippen LogP contribution in [0.15, 0.2) is 72.8 Å². The van der Waals surface area contributed by atoms with Crippen molar-refractivity contribution >= 4 is 35.1 Å². The van der Waals surface area contributed by atoms with Gasteiger partial charge in [-0.15, -0.1) is 0 Å². The highest BCUT2D eigenvalue weighted by Gasteiger charge is 2.64. The molecule has 2 bridgehead atoms. The van der Waals surface area contributed by atoms with E-state index in [-0.39, 0.29) is 47.0 Å². The number of carbonyl (C=O) groups is 4. The number of benzene rings is 3. The number of imide groups is 1. The number of rotatable bonds is 6. The Morgan fingerprint density at radius 2 is 1.67 bits per heavy atom. The second-order valence-corrected chi connectivity index (χ2v) is 11.0. The molecule has 0 spiro atoms. The molecule has 3 aromatic carbocycles. The van der Waals surface area contributed by atoms with E-state index in [4.69, 9.17) is 4.74 Å². The number of carbonyl (C=O) groups excluding carboxylic acids is 4. The SMILES string of the molecule is Cc1ccc(NC(=O)COC(=O)c2cccc(N3C(=O)[C@@H]4[C@@H]5C[C@@H]([C@@H]4C3=O)[C@H](c3ccccc3)C5)c2)c(C)c1. The van der Waals surface area contributed by atoms with Gasteiger partial charge in [0.25, 0.3) is 5.91 Å². The predicted molar refractivity (Wildman–Crippen MR) is 146 cm³/mol. The Morgan fingerprint density at radius 3 is 2.44 bits per heavy atom. The van der Waals surface area contributed by atoms with Gasteiger partial charge in [0.2, 0.25) is 11.8 Å². The molecule has 3 fully saturated rings. The second-order valence-electron chi connectivity index (χ2n) is 11.0. The van der Waals surface area contributed by atoms with E-state index < -0.39 is 18.5 Å². The number of amides is 3.